The van der Waals surface area contributed by atoms with Crippen molar-refractivity contribution in [1.82, 2.24) is 0 Å². The smallest absolute Gasteiger partial charge is 0.227 e. The Kier molecular flexibility index (Phi) is 8.74. The molecular weight excluding hydrogens is 304 g/mol. The number of ether oxygens (including phenoxy) is 1. The number of carbonyl (C=O) groups excluding carboxylic acids is 1. The molecule has 0 N–H and O–H groups in total. The van der Waals surface area contributed by atoms with Gasteiger partial charge in [-0.05, 0) is 6.42 Å². The molecule has 1 unspecified atom stereocenters. The number of hydrogen-bond acceptors (Lipinski definition) is 3. The fourth-order valence-electron chi connectivity index (χ4n) is 1.77. The van der Waals surface area contributed by atoms with Gasteiger partial charge in [-0.3, -0.25) is 4.79 Å². The molecular formula is C12H17BCl2NO2S. The van der Waals surface area contributed by atoms with Gasteiger partial charge in [0.25, 0.3) is 0 Å². The second kappa shape index (κ2) is 8.85. The highest BCUT2D eigenvalue weighted by molar-refractivity contribution is 7.15. The van der Waals surface area contributed by atoms with Crippen LogP contribution in [0.2, 0.25) is 9.36 Å². The van der Waals surface area contributed by atoms with Crippen LogP contribution in [0, 0.1) is 0 Å². The van der Waals surface area contributed by atoms with Gasteiger partial charge in [-0.1, -0.05) is 37.0 Å². The molecule has 0 saturated carbocycles. The van der Waals surface area contributed by atoms with Crippen molar-refractivity contribution in [2.24, 2.45) is 0 Å². The van der Waals surface area contributed by atoms with Gasteiger partial charge < -0.3 is 9.64 Å². The molecule has 1 saturated heterocycles. The van der Waals surface area contributed by atoms with Gasteiger partial charge in [0.05, 0.1) is 23.4 Å². The fraction of sp³-hybridized carbons (Fsp3) is 0.583. The molecule has 1 atom stereocenters. The molecule has 1 amide bonds. The van der Waals surface area contributed by atoms with Crippen LogP contribution in [0.15, 0.2) is 5.38 Å². The molecule has 0 bridgehead atoms. The molecule has 2 heterocycles. The Balaban J connectivity index is 0.00000103. The molecule has 1 fully saturated rings. The standard InChI is InChI=1S/C10H11Cl2NO2S.C2H6.B/c1-15-6-2-3-8(14)13(4-6)9-7(11)5-16-10(9)12;1-2;/h5-6H,2-4H2,1H3;1-2H3;. The maximum absolute atomic E-state index is 11.8. The van der Waals surface area contributed by atoms with Gasteiger partial charge in [0.15, 0.2) is 0 Å². The van der Waals surface area contributed by atoms with Gasteiger partial charge >= 0.3 is 0 Å². The van der Waals surface area contributed by atoms with Crippen LogP contribution in [-0.2, 0) is 9.53 Å². The van der Waals surface area contributed by atoms with Crippen LogP contribution in [-0.4, -0.2) is 34.1 Å². The Hall–Kier alpha value is -0.225. The molecule has 1 aliphatic heterocycles. The van der Waals surface area contributed by atoms with E-state index in [9.17, 15) is 4.79 Å². The molecule has 2 rings (SSSR count). The first kappa shape index (κ1) is 18.8. The van der Waals surface area contributed by atoms with Crippen LogP contribution in [0.5, 0.6) is 0 Å². The number of methoxy groups -OCH3 is 1. The second-order valence-electron chi connectivity index (χ2n) is 3.61. The van der Waals surface area contributed by atoms with Crippen LogP contribution >= 0.6 is 34.5 Å². The summed E-state index contributed by atoms with van der Waals surface area (Å²) in [6, 6.07) is 0. The Bertz CT molecular complexity index is 395. The number of anilines is 1. The van der Waals surface area contributed by atoms with Crippen LogP contribution < -0.4 is 4.90 Å². The summed E-state index contributed by atoms with van der Waals surface area (Å²) in [6.45, 7) is 4.52. The number of piperidine rings is 1. The van der Waals surface area contributed by atoms with Crippen LogP contribution in [0.4, 0.5) is 5.69 Å². The van der Waals surface area contributed by atoms with E-state index < -0.39 is 0 Å². The highest BCUT2D eigenvalue weighted by atomic mass is 35.5. The average molecular weight is 321 g/mol. The van der Waals surface area contributed by atoms with E-state index in [1.165, 1.54) is 11.3 Å². The molecule has 3 radical (unpaired) electrons. The second-order valence-corrected chi connectivity index (χ2v) is 5.50. The quantitative estimate of drug-likeness (QED) is 0.775. The third-order valence-electron chi connectivity index (χ3n) is 2.65. The maximum atomic E-state index is 11.8. The predicted molar refractivity (Wildman–Crippen MR) is 83.8 cm³/mol. The average Bonchev–Trinajstić information content (AvgIpc) is 2.73. The van der Waals surface area contributed by atoms with Gasteiger partial charge in [0.1, 0.15) is 4.34 Å². The lowest BCUT2D eigenvalue weighted by Gasteiger charge is -2.31. The van der Waals surface area contributed by atoms with Gasteiger partial charge in [-0.2, -0.15) is 0 Å². The van der Waals surface area contributed by atoms with Crippen molar-refractivity contribution < 1.29 is 9.53 Å². The van der Waals surface area contributed by atoms with Gasteiger partial charge in [0, 0.05) is 27.3 Å². The van der Waals surface area contributed by atoms with Crippen molar-refractivity contribution >= 4 is 54.5 Å². The van der Waals surface area contributed by atoms with Gasteiger partial charge in [-0.15, -0.1) is 11.3 Å². The molecule has 1 aromatic heterocycles. The number of halogens is 2. The zero-order chi connectivity index (χ0) is 13.7. The molecule has 0 spiro atoms. The van der Waals surface area contributed by atoms with Crippen LogP contribution in [0.1, 0.15) is 26.7 Å². The van der Waals surface area contributed by atoms with Crippen molar-refractivity contribution in [1.29, 1.82) is 0 Å². The molecule has 3 nitrogen and oxygen atoms in total. The summed E-state index contributed by atoms with van der Waals surface area (Å²) in [7, 11) is 1.65. The number of hydrogen-bond donors (Lipinski definition) is 0. The Labute approximate surface area is 130 Å². The van der Waals surface area contributed by atoms with Crippen molar-refractivity contribution in [2.45, 2.75) is 32.8 Å². The van der Waals surface area contributed by atoms with E-state index in [1.807, 2.05) is 13.8 Å². The van der Waals surface area contributed by atoms with Gasteiger partial charge in [-0.25, -0.2) is 0 Å². The molecule has 0 aromatic carbocycles. The van der Waals surface area contributed by atoms with Crippen LogP contribution in [0.3, 0.4) is 0 Å². The highest BCUT2D eigenvalue weighted by Crippen LogP contribution is 2.40. The zero-order valence-corrected chi connectivity index (χ0v) is 13.6. The summed E-state index contributed by atoms with van der Waals surface area (Å²) in [6.07, 6.45) is 1.29. The monoisotopic (exact) mass is 320 g/mol. The predicted octanol–water partition coefficient (Wildman–Crippen LogP) is 3.84. The zero-order valence-electron chi connectivity index (χ0n) is 11.3. The van der Waals surface area contributed by atoms with E-state index in [0.717, 1.165) is 6.42 Å². The van der Waals surface area contributed by atoms with Crippen molar-refractivity contribution in [3.63, 3.8) is 0 Å². The minimum atomic E-state index is 0. The largest absolute Gasteiger partial charge is 0.380 e. The summed E-state index contributed by atoms with van der Waals surface area (Å²) in [5, 5.41) is 2.27. The molecule has 105 valence electrons. The van der Waals surface area contributed by atoms with E-state index in [0.29, 0.717) is 28.0 Å². The first-order chi connectivity index (χ1) is 8.63. The SMILES string of the molecule is CC.COC1CCC(=O)N(c2c(Cl)csc2Cl)C1.[B]. The number of carbonyl (C=O) groups is 1. The lowest BCUT2D eigenvalue weighted by molar-refractivity contribution is -0.121. The first-order valence-electron chi connectivity index (χ1n) is 5.89. The molecule has 19 heavy (non-hydrogen) atoms. The summed E-state index contributed by atoms with van der Waals surface area (Å²) in [5.74, 6) is 0.0514. The molecule has 1 aliphatic rings. The molecule has 7 heteroatoms. The summed E-state index contributed by atoms with van der Waals surface area (Å²) in [4.78, 5) is 13.4. The van der Waals surface area contributed by atoms with Crippen molar-refractivity contribution in [3.8, 4) is 0 Å². The topological polar surface area (TPSA) is 29.5 Å². The fourth-order valence-corrected chi connectivity index (χ4v) is 3.19. The van der Waals surface area contributed by atoms with E-state index in [1.54, 1.807) is 17.4 Å². The highest BCUT2D eigenvalue weighted by Gasteiger charge is 2.29. The number of thiophene rings is 1. The minimum absolute atomic E-state index is 0. The Morgan fingerprint density at radius 1 is 1.42 bits per heavy atom. The number of rotatable bonds is 2. The summed E-state index contributed by atoms with van der Waals surface area (Å²) >= 11 is 13.4. The van der Waals surface area contributed by atoms with E-state index in [4.69, 9.17) is 27.9 Å². The lowest BCUT2D eigenvalue weighted by Crippen LogP contribution is -2.43. The summed E-state index contributed by atoms with van der Waals surface area (Å²) < 4.78 is 5.82. The van der Waals surface area contributed by atoms with E-state index >= 15 is 0 Å². The van der Waals surface area contributed by atoms with E-state index in [-0.39, 0.29) is 20.4 Å². The first-order valence-corrected chi connectivity index (χ1v) is 7.52. The van der Waals surface area contributed by atoms with Crippen molar-refractivity contribution in [3.05, 3.63) is 14.7 Å². The van der Waals surface area contributed by atoms with Gasteiger partial charge in [0.2, 0.25) is 5.91 Å². The lowest BCUT2D eigenvalue weighted by atomic mass is 10.1. The minimum Gasteiger partial charge on any atom is -0.380 e. The third-order valence-corrected chi connectivity index (χ3v) is 4.27. The van der Waals surface area contributed by atoms with Crippen LogP contribution in [0.25, 0.3) is 0 Å². The normalized spacial score (nSPS) is 18.5. The molecule has 1 aromatic rings. The number of amides is 1. The maximum Gasteiger partial charge on any atom is 0.227 e. The third kappa shape index (κ3) is 4.38. The number of nitrogens with zero attached hydrogens (tertiary/aromatic N) is 1. The van der Waals surface area contributed by atoms with Crippen molar-refractivity contribution in [2.75, 3.05) is 18.6 Å². The van der Waals surface area contributed by atoms with E-state index in [2.05, 4.69) is 0 Å². The Morgan fingerprint density at radius 3 is 2.53 bits per heavy atom. The summed E-state index contributed by atoms with van der Waals surface area (Å²) in [5.41, 5.74) is 0.625. The molecule has 0 aliphatic carbocycles. The Morgan fingerprint density at radius 2 is 2.05 bits per heavy atom.